The molecule has 0 spiro atoms. The molecule has 0 heterocycles. The molecule has 0 radical (unpaired) electrons. The van der Waals surface area contributed by atoms with Crippen molar-refractivity contribution in [1.29, 1.82) is 0 Å². The first-order valence-corrected chi connectivity index (χ1v) is 7.98. The van der Waals surface area contributed by atoms with Crippen molar-refractivity contribution in [2.75, 3.05) is 0 Å². The second-order valence-corrected chi connectivity index (χ2v) is 6.72. The molecule has 1 aliphatic carbocycles. The highest BCUT2D eigenvalue weighted by atomic mass is 79.9. The SMILES string of the molecule is CCCC1CCC(O)(Cc2cc(F)ccc2Br)CC1. The molecule has 0 saturated heterocycles. The van der Waals surface area contributed by atoms with Crippen LogP contribution in [0.4, 0.5) is 4.39 Å². The van der Waals surface area contributed by atoms with E-state index in [2.05, 4.69) is 22.9 Å². The number of rotatable bonds is 4. The lowest BCUT2D eigenvalue weighted by Crippen LogP contribution is -2.36. The maximum Gasteiger partial charge on any atom is 0.123 e. The molecule has 0 aromatic heterocycles. The van der Waals surface area contributed by atoms with Crippen LogP contribution in [0.25, 0.3) is 0 Å². The van der Waals surface area contributed by atoms with E-state index in [9.17, 15) is 9.50 Å². The first kappa shape index (κ1) is 15.0. The quantitative estimate of drug-likeness (QED) is 0.837. The van der Waals surface area contributed by atoms with Crippen molar-refractivity contribution in [3.05, 3.63) is 34.1 Å². The predicted octanol–water partition coefficient (Wildman–Crippen LogP) is 4.85. The molecule has 1 fully saturated rings. The Hall–Kier alpha value is -0.410. The number of hydrogen-bond acceptors (Lipinski definition) is 1. The molecule has 1 aromatic rings. The molecule has 1 saturated carbocycles. The molecule has 0 atom stereocenters. The second-order valence-electron chi connectivity index (χ2n) is 5.87. The molecule has 19 heavy (non-hydrogen) atoms. The topological polar surface area (TPSA) is 20.2 Å². The van der Waals surface area contributed by atoms with Crippen LogP contribution in [0, 0.1) is 11.7 Å². The summed E-state index contributed by atoms with van der Waals surface area (Å²) in [6.07, 6.45) is 6.89. The molecule has 106 valence electrons. The Bertz CT molecular complexity index is 425. The lowest BCUT2D eigenvalue weighted by molar-refractivity contribution is -0.0100. The maximum absolute atomic E-state index is 13.3. The predicted molar refractivity (Wildman–Crippen MR) is 79.6 cm³/mol. The van der Waals surface area contributed by atoms with Gasteiger partial charge in [-0.1, -0.05) is 35.7 Å². The number of aliphatic hydroxyl groups is 1. The Morgan fingerprint density at radius 1 is 1.37 bits per heavy atom. The summed E-state index contributed by atoms with van der Waals surface area (Å²) in [5, 5.41) is 10.7. The Morgan fingerprint density at radius 2 is 2.05 bits per heavy atom. The summed E-state index contributed by atoms with van der Waals surface area (Å²) in [5.41, 5.74) is 0.219. The zero-order valence-corrected chi connectivity index (χ0v) is 13.0. The van der Waals surface area contributed by atoms with Crippen molar-refractivity contribution in [3.8, 4) is 0 Å². The van der Waals surface area contributed by atoms with E-state index in [1.54, 1.807) is 6.07 Å². The van der Waals surface area contributed by atoms with Crippen molar-refractivity contribution < 1.29 is 9.50 Å². The third-order valence-corrected chi connectivity index (χ3v) is 5.03. The Labute approximate surface area is 123 Å². The fourth-order valence-electron chi connectivity index (χ4n) is 3.12. The highest BCUT2D eigenvalue weighted by Gasteiger charge is 2.33. The highest BCUT2D eigenvalue weighted by molar-refractivity contribution is 9.10. The molecule has 0 aliphatic heterocycles. The van der Waals surface area contributed by atoms with E-state index >= 15 is 0 Å². The van der Waals surface area contributed by atoms with Gasteiger partial charge in [0.2, 0.25) is 0 Å². The smallest absolute Gasteiger partial charge is 0.123 e. The van der Waals surface area contributed by atoms with Crippen LogP contribution < -0.4 is 0 Å². The summed E-state index contributed by atoms with van der Waals surface area (Å²) >= 11 is 3.44. The normalized spacial score (nSPS) is 27.5. The van der Waals surface area contributed by atoms with Crippen LogP contribution in [0.3, 0.4) is 0 Å². The maximum atomic E-state index is 13.3. The molecule has 1 N–H and O–H groups in total. The fraction of sp³-hybridized carbons (Fsp3) is 0.625. The highest BCUT2D eigenvalue weighted by Crippen LogP contribution is 2.37. The molecule has 0 unspecified atom stereocenters. The van der Waals surface area contributed by atoms with Gasteiger partial charge in [0.05, 0.1) is 5.60 Å². The number of halogens is 2. The van der Waals surface area contributed by atoms with E-state index < -0.39 is 5.60 Å². The average Bonchev–Trinajstić information content (AvgIpc) is 2.37. The van der Waals surface area contributed by atoms with Gasteiger partial charge in [-0.3, -0.25) is 0 Å². The molecule has 1 aromatic carbocycles. The molecule has 3 heteroatoms. The van der Waals surface area contributed by atoms with Crippen molar-refractivity contribution in [2.24, 2.45) is 5.92 Å². The minimum absolute atomic E-state index is 0.235. The lowest BCUT2D eigenvalue weighted by atomic mass is 9.75. The summed E-state index contributed by atoms with van der Waals surface area (Å²) in [7, 11) is 0. The van der Waals surface area contributed by atoms with E-state index in [1.807, 2.05) is 0 Å². The van der Waals surface area contributed by atoms with Crippen LogP contribution in [0.5, 0.6) is 0 Å². The molecule has 0 bridgehead atoms. The zero-order chi connectivity index (χ0) is 13.9. The minimum atomic E-state index is -0.652. The van der Waals surface area contributed by atoms with Crippen LogP contribution in [0.15, 0.2) is 22.7 Å². The first-order valence-electron chi connectivity index (χ1n) is 7.19. The summed E-state index contributed by atoms with van der Waals surface area (Å²) < 4.78 is 14.2. The summed E-state index contributed by atoms with van der Waals surface area (Å²) in [6, 6.07) is 4.69. The molecule has 1 aliphatic rings. The van der Waals surface area contributed by atoms with Gasteiger partial charge in [0.1, 0.15) is 5.82 Å². The molecular formula is C16H22BrFO. The van der Waals surface area contributed by atoms with Gasteiger partial charge < -0.3 is 5.11 Å². The van der Waals surface area contributed by atoms with Crippen molar-refractivity contribution in [3.63, 3.8) is 0 Å². The van der Waals surface area contributed by atoms with Gasteiger partial charge in [0, 0.05) is 10.9 Å². The van der Waals surface area contributed by atoms with Crippen molar-refractivity contribution >= 4 is 15.9 Å². The number of benzene rings is 1. The largest absolute Gasteiger partial charge is 0.390 e. The Kier molecular flexibility index (Phi) is 5.02. The number of hydrogen-bond donors (Lipinski definition) is 1. The van der Waals surface area contributed by atoms with Crippen LogP contribution in [0.1, 0.15) is 51.0 Å². The van der Waals surface area contributed by atoms with Crippen LogP contribution in [0.2, 0.25) is 0 Å². The van der Waals surface area contributed by atoms with E-state index in [0.717, 1.165) is 41.6 Å². The van der Waals surface area contributed by atoms with E-state index in [0.29, 0.717) is 6.42 Å². The van der Waals surface area contributed by atoms with E-state index in [-0.39, 0.29) is 5.82 Å². The standard InChI is InChI=1S/C16H22BrFO/c1-2-3-12-6-8-16(19,9-7-12)11-13-10-14(18)4-5-15(13)17/h4-5,10,12,19H,2-3,6-9,11H2,1H3. The van der Waals surface area contributed by atoms with E-state index in [4.69, 9.17) is 0 Å². The third kappa shape index (κ3) is 4.03. The van der Waals surface area contributed by atoms with Gasteiger partial charge in [-0.25, -0.2) is 4.39 Å². The molecule has 2 rings (SSSR count). The Morgan fingerprint density at radius 3 is 2.68 bits per heavy atom. The zero-order valence-electron chi connectivity index (χ0n) is 11.5. The molecule has 0 amide bonds. The van der Waals surface area contributed by atoms with Gasteiger partial charge in [-0.2, -0.15) is 0 Å². The van der Waals surface area contributed by atoms with Crippen LogP contribution in [-0.4, -0.2) is 10.7 Å². The Balaban J connectivity index is 2.00. The van der Waals surface area contributed by atoms with Gasteiger partial charge in [0.15, 0.2) is 0 Å². The van der Waals surface area contributed by atoms with Crippen molar-refractivity contribution in [2.45, 2.75) is 57.5 Å². The first-order chi connectivity index (χ1) is 9.02. The second kappa shape index (κ2) is 6.36. The summed E-state index contributed by atoms with van der Waals surface area (Å²) in [6.45, 7) is 2.21. The monoisotopic (exact) mass is 328 g/mol. The lowest BCUT2D eigenvalue weighted by Gasteiger charge is -2.36. The molecular weight excluding hydrogens is 307 g/mol. The van der Waals surface area contributed by atoms with Crippen LogP contribution >= 0.6 is 15.9 Å². The van der Waals surface area contributed by atoms with Crippen LogP contribution in [-0.2, 0) is 6.42 Å². The van der Waals surface area contributed by atoms with Gasteiger partial charge in [-0.15, -0.1) is 0 Å². The summed E-state index contributed by atoms with van der Waals surface area (Å²) in [5.74, 6) is 0.530. The van der Waals surface area contributed by atoms with E-state index in [1.165, 1.54) is 25.0 Å². The minimum Gasteiger partial charge on any atom is -0.390 e. The van der Waals surface area contributed by atoms with Gasteiger partial charge in [0.25, 0.3) is 0 Å². The average molecular weight is 329 g/mol. The van der Waals surface area contributed by atoms with Gasteiger partial charge in [-0.05, 0) is 55.4 Å². The van der Waals surface area contributed by atoms with Crippen molar-refractivity contribution in [1.82, 2.24) is 0 Å². The van der Waals surface area contributed by atoms with Gasteiger partial charge >= 0.3 is 0 Å². The summed E-state index contributed by atoms with van der Waals surface area (Å²) in [4.78, 5) is 0. The fourth-order valence-corrected chi connectivity index (χ4v) is 3.51. The molecule has 1 nitrogen and oxygen atoms in total. The third-order valence-electron chi connectivity index (χ3n) is 4.26.